The van der Waals surface area contributed by atoms with E-state index in [2.05, 4.69) is 11.0 Å². The second-order valence-electron chi connectivity index (χ2n) is 6.17. The van der Waals surface area contributed by atoms with E-state index in [-0.39, 0.29) is 18.5 Å². The summed E-state index contributed by atoms with van der Waals surface area (Å²) in [4.78, 5) is 2.57. The molecule has 1 aromatic rings. The summed E-state index contributed by atoms with van der Waals surface area (Å²) >= 11 is 0. The Hall–Kier alpha value is -0.970. The number of hydrogen-bond donors (Lipinski definition) is 0. The maximum atomic E-state index is 6.05. The van der Waals surface area contributed by atoms with Gasteiger partial charge in [-0.1, -0.05) is 12.5 Å². The highest BCUT2D eigenvalue weighted by atomic mass is 35.5. The highest BCUT2D eigenvalue weighted by molar-refractivity contribution is 5.85. The number of halogens is 1. The molecule has 1 atom stereocenters. The molecule has 0 radical (unpaired) electrons. The van der Waals surface area contributed by atoms with Crippen LogP contribution in [0.25, 0.3) is 0 Å². The van der Waals surface area contributed by atoms with E-state index in [1.807, 2.05) is 6.07 Å². The molecule has 0 aromatic heterocycles. The molecule has 1 unspecified atom stereocenters. The van der Waals surface area contributed by atoms with Gasteiger partial charge in [-0.05, 0) is 50.4 Å². The molecule has 1 saturated heterocycles. The van der Waals surface area contributed by atoms with Gasteiger partial charge < -0.3 is 19.1 Å². The van der Waals surface area contributed by atoms with Crippen LogP contribution in [-0.2, 0) is 11.2 Å². The van der Waals surface area contributed by atoms with Crippen LogP contribution in [0, 0.1) is 0 Å². The minimum atomic E-state index is 0. The third-order valence-electron chi connectivity index (χ3n) is 4.86. The Bertz CT molecular complexity index is 503. The standard InChI is InChI=1S/C18H27NO3.ClH/c1-20-17-7-6-14-15(18(17)21-2)9-13-22-16(14)8-12-19-10-4-3-5-11-19;/h6-7,16H,3-5,8-13H2,1-2H3;1H. The van der Waals surface area contributed by atoms with E-state index in [1.165, 1.54) is 43.5 Å². The van der Waals surface area contributed by atoms with E-state index in [1.54, 1.807) is 14.2 Å². The number of nitrogens with zero attached hydrogens (tertiary/aromatic N) is 1. The summed E-state index contributed by atoms with van der Waals surface area (Å²) in [6, 6.07) is 4.15. The molecule has 2 aliphatic rings. The number of hydrogen-bond acceptors (Lipinski definition) is 4. The van der Waals surface area contributed by atoms with Gasteiger partial charge in [-0.15, -0.1) is 12.4 Å². The monoisotopic (exact) mass is 341 g/mol. The van der Waals surface area contributed by atoms with Crippen molar-refractivity contribution in [2.75, 3.05) is 40.5 Å². The van der Waals surface area contributed by atoms with Crippen molar-refractivity contribution in [2.24, 2.45) is 0 Å². The smallest absolute Gasteiger partial charge is 0.164 e. The van der Waals surface area contributed by atoms with Crippen LogP contribution < -0.4 is 9.47 Å². The number of fused-ring (bicyclic) bond motifs is 1. The zero-order valence-electron chi connectivity index (χ0n) is 14.2. The van der Waals surface area contributed by atoms with Crippen LogP contribution in [0.5, 0.6) is 11.5 Å². The number of benzene rings is 1. The fraction of sp³-hybridized carbons (Fsp3) is 0.667. The molecule has 0 aliphatic carbocycles. The van der Waals surface area contributed by atoms with Crippen LogP contribution in [0.3, 0.4) is 0 Å². The normalized spacial score (nSPS) is 21.2. The van der Waals surface area contributed by atoms with Crippen LogP contribution >= 0.6 is 12.4 Å². The van der Waals surface area contributed by atoms with Gasteiger partial charge in [0.05, 0.1) is 26.9 Å². The lowest BCUT2D eigenvalue weighted by molar-refractivity contribution is 0.0272. The van der Waals surface area contributed by atoms with E-state index < -0.39 is 0 Å². The van der Waals surface area contributed by atoms with Gasteiger partial charge in [0, 0.05) is 12.1 Å². The molecule has 2 aliphatic heterocycles. The zero-order valence-corrected chi connectivity index (χ0v) is 15.0. The Morgan fingerprint density at radius 1 is 1.13 bits per heavy atom. The van der Waals surface area contributed by atoms with Crippen LogP contribution in [-0.4, -0.2) is 45.4 Å². The van der Waals surface area contributed by atoms with E-state index in [0.29, 0.717) is 0 Å². The fourth-order valence-electron chi connectivity index (χ4n) is 3.68. The van der Waals surface area contributed by atoms with Gasteiger partial charge in [-0.3, -0.25) is 0 Å². The molecule has 0 bridgehead atoms. The second kappa shape index (κ2) is 8.76. The lowest BCUT2D eigenvalue weighted by Crippen LogP contribution is -2.32. The summed E-state index contributed by atoms with van der Waals surface area (Å²) in [6.07, 6.45) is 6.21. The minimum Gasteiger partial charge on any atom is -0.493 e. The molecule has 0 N–H and O–H groups in total. The van der Waals surface area contributed by atoms with Crippen molar-refractivity contribution in [1.82, 2.24) is 4.90 Å². The zero-order chi connectivity index (χ0) is 15.4. The molecule has 130 valence electrons. The Kier molecular flexibility index (Phi) is 7.00. The number of likely N-dealkylation sites (tertiary alicyclic amines) is 1. The van der Waals surface area contributed by atoms with Crippen molar-refractivity contribution in [3.63, 3.8) is 0 Å². The van der Waals surface area contributed by atoms with Crippen LogP contribution in [0.2, 0.25) is 0 Å². The van der Waals surface area contributed by atoms with E-state index in [4.69, 9.17) is 14.2 Å². The van der Waals surface area contributed by atoms with Gasteiger partial charge in [0.1, 0.15) is 0 Å². The second-order valence-corrected chi connectivity index (χ2v) is 6.17. The Balaban J connectivity index is 0.00000192. The number of piperidine rings is 1. The van der Waals surface area contributed by atoms with Crippen molar-refractivity contribution < 1.29 is 14.2 Å². The Morgan fingerprint density at radius 3 is 2.61 bits per heavy atom. The van der Waals surface area contributed by atoms with Crippen LogP contribution in [0.4, 0.5) is 0 Å². The SMILES string of the molecule is COc1ccc2c(c1OC)CCOC2CCN1CCCCC1.Cl. The van der Waals surface area contributed by atoms with Gasteiger partial charge in [-0.25, -0.2) is 0 Å². The summed E-state index contributed by atoms with van der Waals surface area (Å²) in [5, 5.41) is 0. The molecular formula is C18H28ClNO3. The largest absolute Gasteiger partial charge is 0.493 e. The van der Waals surface area contributed by atoms with Gasteiger partial charge in [-0.2, -0.15) is 0 Å². The van der Waals surface area contributed by atoms with Crippen molar-refractivity contribution in [3.8, 4) is 11.5 Å². The number of methoxy groups -OCH3 is 2. The average Bonchev–Trinajstić information content (AvgIpc) is 2.59. The summed E-state index contributed by atoms with van der Waals surface area (Å²) in [7, 11) is 3.41. The predicted octanol–water partition coefficient (Wildman–Crippen LogP) is 3.62. The molecule has 0 amide bonds. The van der Waals surface area contributed by atoms with E-state index in [0.717, 1.165) is 37.5 Å². The molecule has 2 heterocycles. The van der Waals surface area contributed by atoms with Gasteiger partial charge in [0.2, 0.25) is 0 Å². The maximum Gasteiger partial charge on any atom is 0.164 e. The van der Waals surface area contributed by atoms with Crippen molar-refractivity contribution in [1.29, 1.82) is 0 Å². The summed E-state index contributed by atoms with van der Waals surface area (Å²) in [5.74, 6) is 1.70. The molecule has 0 spiro atoms. The van der Waals surface area contributed by atoms with E-state index >= 15 is 0 Å². The van der Waals surface area contributed by atoms with Crippen LogP contribution in [0.15, 0.2) is 12.1 Å². The molecule has 1 fully saturated rings. The Morgan fingerprint density at radius 2 is 1.91 bits per heavy atom. The van der Waals surface area contributed by atoms with Gasteiger partial charge >= 0.3 is 0 Å². The predicted molar refractivity (Wildman–Crippen MR) is 94.1 cm³/mol. The lowest BCUT2D eigenvalue weighted by atomic mass is 9.94. The van der Waals surface area contributed by atoms with Crippen molar-refractivity contribution >= 4 is 12.4 Å². The number of ether oxygens (including phenoxy) is 3. The van der Waals surface area contributed by atoms with Crippen LogP contribution in [0.1, 0.15) is 42.9 Å². The summed E-state index contributed by atoms with van der Waals surface area (Å²) in [5.41, 5.74) is 2.54. The highest BCUT2D eigenvalue weighted by Crippen LogP contribution is 2.40. The maximum absolute atomic E-state index is 6.05. The summed E-state index contributed by atoms with van der Waals surface area (Å²) < 4.78 is 17.1. The molecule has 5 heteroatoms. The van der Waals surface area contributed by atoms with Crippen molar-refractivity contribution in [3.05, 3.63) is 23.3 Å². The molecule has 3 rings (SSSR count). The lowest BCUT2D eigenvalue weighted by Gasteiger charge is -2.31. The van der Waals surface area contributed by atoms with Crippen molar-refractivity contribution in [2.45, 2.75) is 38.2 Å². The fourth-order valence-corrected chi connectivity index (χ4v) is 3.68. The first-order valence-electron chi connectivity index (χ1n) is 8.41. The van der Waals surface area contributed by atoms with Gasteiger partial charge in [0.25, 0.3) is 0 Å². The topological polar surface area (TPSA) is 30.9 Å². The number of rotatable bonds is 5. The van der Waals surface area contributed by atoms with E-state index in [9.17, 15) is 0 Å². The minimum absolute atomic E-state index is 0. The molecule has 23 heavy (non-hydrogen) atoms. The quantitative estimate of drug-likeness (QED) is 0.818. The average molecular weight is 342 g/mol. The highest BCUT2D eigenvalue weighted by Gasteiger charge is 2.26. The van der Waals surface area contributed by atoms with Gasteiger partial charge in [0.15, 0.2) is 11.5 Å². The molecule has 0 saturated carbocycles. The summed E-state index contributed by atoms with van der Waals surface area (Å²) in [6.45, 7) is 4.37. The first-order chi connectivity index (χ1) is 10.8. The Labute approximate surface area is 145 Å². The molecule has 1 aromatic carbocycles. The third-order valence-corrected chi connectivity index (χ3v) is 4.86. The first kappa shape index (κ1) is 18.4. The third kappa shape index (κ3) is 4.11. The molecular weight excluding hydrogens is 314 g/mol. The first-order valence-corrected chi connectivity index (χ1v) is 8.41. The molecule has 4 nitrogen and oxygen atoms in total.